The van der Waals surface area contributed by atoms with Gasteiger partial charge in [-0.25, -0.2) is 4.39 Å². The highest BCUT2D eigenvalue weighted by Gasteiger charge is 2.31. The Hall–Kier alpha value is -4.08. The summed E-state index contributed by atoms with van der Waals surface area (Å²) in [5, 5.41) is 13.9. The molecular formula is C23H18F4N2O4. The third-order valence-corrected chi connectivity index (χ3v) is 4.35. The molecule has 3 aromatic rings. The zero-order valence-corrected chi connectivity index (χ0v) is 17.1. The number of nitrogens with zero attached hydrogens (tertiary/aromatic N) is 1. The van der Waals surface area contributed by atoms with Crippen LogP contribution in [0.15, 0.2) is 73.6 Å². The summed E-state index contributed by atoms with van der Waals surface area (Å²) in [7, 11) is 0. The number of hydrogen-bond donors (Lipinski definition) is 1. The van der Waals surface area contributed by atoms with Crippen molar-refractivity contribution in [2.75, 3.05) is 5.32 Å². The molecular weight excluding hydrogens is 444 g/mol. The largest absolute Gasteiger partial charge is 0.619 e. The number of pyridine rings is 1. The van der Waals surface area contributed by atoms with Crippen molar-refractivity contribution in [2.45, 2.75) is 19.2 Å². The number of anilines is 1. The number of halogens is 4. The summed E-state index contributed by atoms with van der Waals surface area (Å²) < 4.78 is 62.1. The molecule has 0 saturated heterocycles. The highest BCUT2D eigenvalue weighted by molar-refractivity contribution is 6.06. The Morgan fingerprint density at radius 3 is 2.45 bits per heavy atom. The highest BCUT2D eigenvalue weighted by Crippen LogP contribution is 2.32. The van der Waals surface area contributed by atoms with E-state index in [0.29, 0.717) is 11.2 Å². The minimum atomic E-state index is -4.85. The number of aryl methyl sites for hydroxylation is 1. The van der Waals surface area contributed by atoms with Crippen LogP contribution in [0.25, 0.3) is 0 Å². The lowest BCUT2D eigenvalue weighted by Gasteiger charge is -2.15. The minimum absolute atomic E-state index is 0.0499. The number of carbonyl (C=O) groups excluding carboxylic acids is 1. The first-order valence-corrected chi connectivity index (χ1v) is 9.62. The number of aromatic nitrogens is 1. The zero-order valence-electron chi connectivity index (χ0n) is 17.1. The predicted molar refractivity (Wildman–Crippen MR) is 111 cm³/mol. The summed E-state index contributed by atoms with van der Waals surface area (Å²) >= 11 is 0. The van der Waals surface area contributed by atoms with Crippen molar-refractivity contribution >= 4 is 11.6 Å². The molecule has 172 valence electrons. The van der Waals surface area contributed by atoms with Gasteiger partial charge in [0.25, 0.3) is 5.91 Å². The summed E-state index contributed by atoms with van der Waals surface area (Å²) in [5.74, 6) is -2.27. The van der Waals surface area contributed by atoms with Crippen LogP contribution in [0.3, 0.4) is 0 Å². The van der Waals surface area contributed by atoms with E-state index in [1.54, 1.807) is 6.08 Å². The van der Waals surface area contributed by atoms with Crippen molar-refractivity contribution in [3.8, 4) is 17.2 Å². The average Bonchev–Trinajstić information content (AvgIpc) is 2.73. The molecule has 1 N–H and O–H groups in total. The quantitative estimate of drug-likeness (QED) is 0.207. The van der Waals surface area contributed by atoms with E-state index < -0.39 is 29.4 Å². The zero-order chi connectivity index (χ0) is 24.0. The smallest absolute Gasteiger partial charge is 0.573 e. The third-order valence-electron chi connectivity index (χ3n) is 4.35. The Labute approximate surface area is 186 Å². The molecule has 0 atom stereocenters. The lowest BCUT2D eigenvalue weighted by Crippen LogP contribution is -2.26. The average molecular weight is 462 g/mol. The molecule has 1 aromatic heterocycles. The molecule has 1 amide bonds. The van der Waals surface area contributed by atoms with Gasteiger partial charge in [0.1, 0.15) is 34.3 Å². The van der Waals surface area contributed by atoms with E-state index in [0.717, 1.165) is 18.3 Å². The Bertz CT molecular complexity index is 1150. The number of amides is 1. The summed E-state index contributed by atoms with van der Waals surface area (Å²) in [5.41, 5.74) is -0.0465. The molecule has 0 fully saturated rings. The summed E-state index contributed by atoms with van der Waals surface area (Å²) in [6, 6.07) is 10.1. The van der Waals surface area contributed by atoms with Gasteiger partial charge in [0.15, 0.2) is 6.20 Å². The molecule has 0 aliphatic heterocycles. The van der Waals surface area contributed by atoms with Gasteiger partial charge in [0.2, 0.25) is 6.20 Å². The number of carbonyl (C=O) groups is 1. The molecule has 2 aromatic carbocycles. The number of nitrogens with one attached hydrogen (secondary N) is 1. The molecule has 0 saturated carbocycles. The van der Waals surface area contributed by atoms with Crippen LogP contribution in [0.2, 0.25) is 0 Å². The fourth-order valence-electron chi connectivity index (χ4n) is 2.91. The lowest BCUT2D eigenvalue weighted by molar-refractivity contribution is -0.604. The Morgan fingerprint density at radius 2 is 1.82 bits per heavy atom. The summed E-state index contributed by atoms with van der Waals surface area (Å²) in [4.78, 5) is 12.9. The summed E-state index contributed by atoms with van der Waals surface area (Å²) in [6.45, 7) is 3.59. The Kier molecular flexibility index (Phi) is 7.17. The van der Waals surface area contributed by atoms with Gasteiger partial charge in [0, 0.05) is 6.07 Å². The van der Waals surface area contributed by atoms with Gasteiger partial charge >= 0.3 is 6.36 Å². The monoisotopic (exact) mass is 462 g/mol. The fraction of sp³-hybridized carbons (Fsp3) is 0.130. The van der Waals surface area contributed by atoms with E-state index in [1.807, 2.05) is 0 Å². The third kappa shape index (κ3) is 6.45. The van der Waals surface area contributed by atoms with Crippen LogP contribution in [0.4, 0.5) is 23.2 Å². The molecule has 10 heteroatoms. The second kappa shape index (κ2) is 10.0. The van der Waals surface area contributed by atoms with Crippen LogP contribution < -0.4 is 19.5 Å². The normalized spacial score (nSPS) is 11.0. The number of hydrogen-bond acceptors (Lipinski definition) is 4. The first kappa shape index (κ1) is 23.6. The van der Waals surface area contributed by atoms with Gasteiger partial charge in [-0.1, -0.05) is 12.1 Å². The molecule has 33 heavy (non-hydrogen) atoms. The van der Waals surface area contributed by atoms with Crippen molar-refractivity contribution in [3.63, 3.8) is 0 Å². The van der Waals surface area contributed by atoms with Crippen LogP contribution in [-0.2, 0) is 6.42 Å². The summed E-state index contributed by atoms with van der Waals surface area (Å²) in [6.07, 6.45) is -0.189. The van der Waals surface area contributed by atoms with Gasteiger partial charge in [-0.05, 0) is 54.8 Å². The van der Waals surface area contributed by atoms with Crippen LogP contribution >= 0.6 is 0 Å². The lowest BCUT2D eigenvalue weighted by atomic mass is 10.0. The van der Waals surface area contributed by atoms with E-state index in [4.69, 9.17) is 4.74 Å². The molecule has 0 radical (unpaired) electrons. The van der Waals surface area contributed by atoms with E-state index >= 15 is 4.39 Å². The molecule has 3 rings (SSSR count). The van der Waals surface area contributed by atoms with Crippen molar-refractivity contribution in [1.29, 1.82) is 0 Å². The molecule has 1 heterocycles. The van der Waals surface area contributed by atoms with Crippen LogP contribution in [0, 0.1) is 11.0 Å². The number of allylic oxidation sites excluding steroid dienone is 1. The minimum Gasteiger partial charge on any atom is -0.619 e. The van der Waals surface area contributed by atoms with Crippen LogP contribution in [-0.4, -0.2) is 12.3 Å². The van der Waals surface area contributed by atoms with Gasteiger partial charge in [0.05, 0.1) is 0 Å². The predicted octanol–water partition coefficient (Wildman–Crippen LogP) is 5.52. The van der Waals surface area contributed by atoms with Crippen molar-refractivity contribution in [2.24, 2.45) is 0 Å². The SMILES string of the molecule is C=CCCc1ccc(Oc2ccc(OC(F)(F)F)cc2)c(C(=O)Nc2ccc[n+]([O-])c2)c1F. The van der Waals surface area contributed by atoms with Gasteiger partial charge in [-0.15, -0.1) is 19.8 Å². The second-order valence-corrected chi connectivity index (χ2v) is 6.77. The van der Waals surface area contributed by atoms with Gasteiger partial charge in [-0.2, -0.15) is 4.73 Å². The van der Waals surface area contributed by atoms with E-state index in [9.17, 15) is 23.2 Å². The topological polar surface area (TPSA) is 74.5 Å². The Morgan fingerprint density at radius 1 is 1.12 bits per heavy atom. The second-order valence-electron chi connectivity index (χ2n) is 6.77. The van der Waals surface area contributed by atoms with Crippen molar-refractivity contribution in [1.82, 2.24) is 0 Å². The molecule has 0 aliphatic carbocycles. The molecule has 0 aliphatic rings. The number of alkyl halides is 3. The number of ether oxygens (including phenoxy) is 2. The maximum absolute atomic E-state index is 15.3. The van der Waals surface area contributed by atoms with Gasteiger partial charge < -0.3 is 20.0 Å². The molecule has 0 bridgehead atoms. The maximum atomic E-state index is 15.3. The van der Waals surface area contributed by atoms with E-state index in [1.165, 1.54) is 42.6 Å². The highest BCUT2D eigenvalue weighted by atomic mass is 19.4. The fourth-order valence-corrected chi connectivity index (χ4v) is 2.91. The Balaban J connectivity index is 1.92. The maximum Gasteiger partial charge on any atom is 0.573 e. The first-order valence-electron chi connectivity index (χ1n) is 9.62. The van der Waals surface area contributed by atoms with E-state index in [2.05, 4.69) is 16.6 Å². The standard InChI is InChI=1S/C23H18F4N2O4/c1-2-3-5-15-7-12-19(32-17-8-10-18(11-9-17)33-23(25,26)27)20(21(15)24)22(30)28-16-6-4-13-29(31)14-16/h2,4,6-14H,1,3,5H2,(H,28,30). The van der Waals surface area contributed by atoms with Crippen molar-refractivity contribution < 1.29 is 36.6 Å². The van der Waals surface area contributed by atoms with E-state index in [-0.39, 0.29) is 29.2 Å². The first-order chi connectivity index (χ1) is 15.7. The number of rotatable bonds is 8. The molecule has 0 spiro atoms. The molecule has 6 nitrogen and oxygen atoms in total. The van der Waals surface area contributed by atoms with Crippen LogP contribution in [0.5, 0.6) is 17.2 Å². The number of benzene rings is 2. The van der Waals surface area contributed by atoms with Crippen LogP contribution in [0.1, 0.15) is 22.3 Å². The molecule has 0 unspecified atom stereocenters. The van der Waals surface area contributed by atoms with Gasteiger partial charge in [-0.3, -0.25) is 4.79 Å². The van der Waals surface area contributed by atoms with Crippen molar-refractivity contribution in [3.05, 3.63) is 95.7 Å².